The lowest BCUT2D eigenvalue weighted by molar-refractivity contribution is 0.113. The van der Waals surface area contributed by atoms with Crippen LogP contribution in [0, 0.1) is 11.3 Å². The zero-order valence-corrected chi connectivity index (χ0v) is 16.0. The Hall–Kier alpha value is -1.96. The summed E-state index contributed by atoms with van der Waals surface area (Å²) in [6.45, 7) is 1.13. The molecular formula is C20H24N2O4S. The minimum Gasteiger partial charge on any atom is -0.396 e. The van der Waals surface area contributed by atoms with Crippen LogP contribution >= 0.6 is 0 Å². The molecule has 144 valence electrons. The lowest BCUT2D eigenvalue weighted by atomic mass is 9.95. The van der Waals surface area contributed by atoms with Crippen LogP contribution in [0.25, 0.3) is 0 Å². The van der Waals surface area contributed by atoms with E-state index < -0.39 is 15.9 Å². The molecule has 0 unspecified atom stereocenters. The zero-order chi connectivity index (χ0) is 19.2. The molecule has 6 nitrogen and oxygen atoms in total. The maximum absolute atomic E-state index is 11.4. The predicted molar refractivity (Wildman–Crippen MR) is 103 cm³/mol. The maximum Gasteiger partial charge on any atom is 0.151 e. The highest BCUT2D eigenvalue weighted by molar-refractivity contribution is 7.89. The number of sulfone groups is 1. The molecule has 1 saturated carbocycles. The van der Waals surface area contributed by atoms with Crippen LogP contribution < -0.4 is 4.90 Å². The van der Waals surface area contributed by atoms with Gasteiger partial charge in [0.2, 0.25) is 0 Å². The number of pyridine rings is 1. The Bertz CT molecular complexity index is 917. The van der Waals surface area contributed by atoms with Crippen LogP contribution in [0.5, 0.6) is 0 Å². The fourth-order valence-corrected chi connectivity index (χ4v) is 5.51. The number of aliphatic hydroxyl groups excluding tert-OH is 2. The van der Waals surface area contributed by atoms with Gasteiger partial charge in [0.25, 0.3) is 0 Å². The first kappa shape index (κ1) is 18.4. The van der Waals surface area contributed by atoms with Gasteiger partial charge < -0.3 is 15.1 Å². The van der Waals surface area contributed by atoms with Gasteiger partial charge in [0.05, 0.1) is 11.9 Å². The number of nitrogens with zero attached hydrogens (tertiary/aromatic N) is 2. The van der Waals surface area contributed by atoms with Crippen LogP contribution in [0.3, 0.4) is 0 Å². The van der Waals surface area contributed by atoms with Crippen molar-refractivity contribution >= 4 is 15.7 Å². The molecule has 1 aromatic heterocycles. The van der Waals surface area contributed by atoms with E-state index in [-0.39, 0.29) is 29.6 Å². The van der Waals surface area contributed by atoms with Gasteiger partial charge in [-0.1, -0.05) is 36.4 Å². The van der Waals surface area contributed by atoms with Gasteiger partial charge in [0, 0.05) is 37.6 Å². The third kappa shape index (κ3) is 3.24. The second kappa shape index (κ2) is 6.58. The van der Waals surface area contributed by atoms with Gasteiger partial charge in [-0.3, -0.25) is 0 Å². The maximum atomic E-state index is 11.4. The first-order valence-electron chi connectivity index (χ1n) is 9.06. The number of β-amino-alcohol motifs (C(OH)–C–C–N with tert-alkyl or cyclic N) is 1. The fraction of sp³-hybridized carbons (Fsp3) is 0.450. The molecule has 1 aliphatic heterocycles. The van der Waals surface area contributed by atoms with Crippen molar-refractivity contribution in [1.82, 2.24) is 4.98 Å². The molecule has 2 aromatic rings. The van der Waals surface area contributed by atoms with Gasteiger partial charge in [-0.15, -0.1) is 0 Å². The number of aromatic nitrogens is 1. The molecule has 1 saturated heterocycles. The standard InChI is InChI=1S/C20H24N2O4S/c1-27(25,26)12-14-7-8-18(21-9-14)22-10-17(24)20(13-22)16(11-23)19(20)15-5-3-2-4-6-15/h2-9,16-17,19,23-24H,10-13H2,1H3/t16-,17+,19-,20-/m1/s1. The Kier molecular flexibility index (Phi) is 4.49. The van der Waals surface area contributed by atoms with Gasteiger partial charge in [-0.05, 0) is 29.0 Å². The van der Waals surface area contributed by atoms with E-state index in [9.17, 15) is 18.6 Å². The van der Waals surface area contributed by atoms with E-state index in [2.05, 4.69) is 17.1 Å². The fourth-order valence-electron chi connectivity index (χ4n) is 4.73. The van der Waals surface area contributed by atoms with E-state index in [1.807, 2.05) is 23.1 Å². The van der Waals surface area contributed by atoms with Crippen molar-refractivity contribution in [3.05, 3.63) is 59.8 Å². The van der Waals surface area contributed by atoms with Crippen molar-refractivity contribution < 1.29 is 18.6 Å². The second-order valence-corrected chi connectivity index (χ2v) is 9.92. The highest BCUT2D eigenvalue weighted by atomic mass is 32.2. The van der Waals surface area contributed by atoms with Crippen molar-refractivity contribution in [2.75, 3.05) is 30.9 Å². The molecule has 2 fully saturated rings. The predicted octanol–water partition coefficient (Wildman–Crippen LogP) is 1.20. The molecule has 0 amide bonds. The summed E-state index contributed by atoms with van der Waals surface area (Å²) in [6.07, 6.45) is 2.24. The van der Waals surface area contributed by atoms with Gasteiger partial charge in [-0.25, -0.2) is 13.4 Å². The molecule has 0 radical (unpaired) electrons. The van der Waals surface area contributed by atoms with Crippen LogP contribution in [0.2, 0.25) is 0 Å². The van der Waals surface area contributed by atoms with Gasteiger partial charge in [0.1, 0.15) is 5.82 Å². The molecule has 1 aliphatic carbocycles. The molecule has 2 N–H and O–H groups in total. The van der Waals surface area contributed by atoms with Crippen molar-refractivity contribution in [2.24, 2.45) is 11.3 Å². The minimum atomic E-state index is -3.10. The Morgan fingerprint density at radius 2 is 1.96 bits per heavy atom. The van der Waals surface area contributed by atoms with E-state index in [0.29, 0.717) is 18.7 Å². The molecule has 1 spiro atoms. The topological polar surface area (TPSA) is 90.7 Å². The normalized spacial score (nSPS) is 30.0. The van der Waals surface area contributed by atoms with Gasteiger partial charge in [-0.2, -0.15) is 0 Å². The third-order valence-corrected chi connectivity index (χ3v) is 6.82. The summed E-state index contributed by atoms with van der Waals surface area (Å²) in [5.41, 5.74) is 1.44. The molecular weight excluding hydrogens is 364 g/mol. The molecule has 0 bridgehead atoms. The van der Waals surface area contributed by atoms with Crippen LogP contribution in [0.15, 0.2) is 48.7 Å². The molecule has 4 rings (SSSR count). The van der Waals surface area contributed by atoms with Crippen LogP contribution in [-0.4, -0.2) is 55.7 Å². The molecule has 2 heterocycles. The lowest BCUT2D eigenvalue weighted by Gasteiger charge is -2.18. The largest absolute Gasteiger partial charge is 0.396 e. The van der Waals surface area contributed by atoms with Crippen LogP contribution in [-0.2, 0) is 15.6 Å². The monoisotopic (exact) mass is 388 g/mol. The summed E-state index contributed by atoms with van der Waals surface area (Å²) in [7, 11) is -3.10. The summed E-state index contributed by atoms with van der Waals surface area (Å²) in [5, 5.41) is 20.7. The average molecular weight is 388 g/mol. The first-order valence-corrected chi connectivity index (χ1v) is 11.1. The van der Waals surface area contributed by atoms with Crippen molar-refractivity contribution in [1.29, 1.82) is 0 Å². The van der Waals surface area contributed by atoms with Crippen molar-refractivity contribution in [3.8, 4) is 0 Å². The Morgan fingerprint density at radius 3 is 2.56 bits per heavy atom. The summed E-state index contributed by atoms with van der Waals surface area (Å²) < 4.78 is 22.8. The molecule has 27 heavy (non-hydrogen) atoms. The van der Waals surface area contributed by atoms with Crippen LogP contribution in [0.4, 0.5) is 5.82 Å². The lowest BCUT2D eigenvalue weighted by Crippen LogP contribution is -2.23. The van der Waals surface area contributed by atoms with Crippen molar-refractivity contribution in [3.63, 3.8) is 0 Å². The molecule has 2 aliphatic rings. The highest BCUT2D eigenvalue weighted by Gasteiger charge is 2.71. The van der Waals surface area contributed by atoms with Gasteiger partial charge in [0.15, 0.2) is 9.84 Å². The number of hydrogen-bond acceptors (Lipinski definition) is 6. The van der Waals surface area contributed by atoms with E-state index in [1.165, 1.54) is 6.26 Å². The number of rotatable bonds is 5. The molecule has 1 aromatic carbocycles. The SMILES string of the molecule is CS(=O)(=O)Cc1ccc(N2C[C@H](O)[C@@]3(C2)[C@H](CO)[C@H]3c2ccccc2)nc1. The minimum absolute atomic E-state index is 0.0319. The Labute approximate surface area is 159 Å². The number of hydrogen-bond donors (Lipinski definition) is 2. The van der Waals surface area contributed by atoms with Crippen LogP contribution in [0.1, 0.15) is 17.0 Å². The van der Waals surface area contributed by atoms with E-state index in [4.69, 9.17) is 0 Å². The first-order chi connectivity index (χ1) is 12.8. The number of aliphatic hydroxyl groups is 2. The quantitative estimate of drug-likeness (QED) is 0.800. The smallest absolute Gasteiger partial charge is 0.151 e. The summed E-state index contributed by atoms with van der Waals surface area (Å²) in [5.74, 6) is 0.853. The summed E-state index contributed by atoms with van der Waals surface area (Å²) >= 11 is 0. The van der Waals surface area contributed by atoms with E-state index in [1.54, 1.807) is 18.3 Å². The van der Waals surface area contributed by atoms with Crippen molar-refractivity contribution in [2.45, 2.75) is 17.8 Å². The average Bonchev–Trinajstić information content (AvgIpc) is 3.17. The third-order valence-electron chi connectivity index (χ3n) is 5.96. The highest BCUT2D eigenvalue weighted by Crippen LogP contribution is 2.68. The summed E-state index contributed by atoms with van der Waals surface area (Å²) in [4.78, 5) is 6.44. The summed E-state index contributed by atoms with van der Waals surface area (Å²) in [6, 6.07) is 13.6. The molecule has 7 heteroatoms. The molecule has 4 atom stereocenters. The van der Waals surface area contributed by atoms with E-state index >= 15 is 0 Å². The second-order valence-electron chi connectivity index (χ2n) is 7.78. The Balaban J connectivity index is 1.55. The number of benzene rings is 1. The Morgan fingerprint density at radius 1 is 1.22 bits per heavy atom. The number of anilines is 1. The van der Waals surface area contributed by atoms with Gasteiger partial charge >= 0.3 is 0 Å². The van der Waals surface area contributed by atoms with E-state index in [0.717, 1.165) is 11.4 Å². The zero-order valence-electron chi connectivity index (χ0n) is 15.2.